The van der Waals surface area contributed by atoms with Crippen LogP contribution in [0.15, 0.2) is 24.3 Å². The Labute approximate surface area is 219 Å². The monoisotopic (exact) mass is 560 g/mol. The fraction of sp³-hybridized carbons (Fsp3) is 0.680. The summed E-state index contributed by atoms with van der Waals surface area (Å²) in [6, 6.07) is 3.79. The number of benzene rings is 1. The average Bonchev–Trinajstić information content (AvgIpc) is 3.61. The summed E-state index contributed by atoms with van der Waals surface area (Å²) in [6.45, 7) is 0.389. The lowest BCUT2D eigenvalue weighted by Gasteiger charge is -2.46. The molecule has 4 aliphatic rings. The fourth-order valence-corrected chi connectivity index (χ4v) is 7.55. The summed E-state index contributed by atoms with van der Waals surface area (Å²) in [5.41, 5.74) is -1.71. The number of amides is 2. The second-order valence-corrected chi connectivity index (χ2v) is 12.8. The van der Waals surface area contributed by atoms with Gasteiger partial charge in [0.2, 0.25) is 11.8 Å². The highest BCUT2D eigenvalue weighted by molar-refractivity contribution is 7.86. The van der Waals surface area contributed by atoms with Crippen molar-refractivity contribution >= 4 is 22.0 Å². The van der Waals surface area contributed by atoms with E-state index < -0.39 is 45.5 Å². The Kier molecular flexibility index (Phi) is 7.23. The molecule has 8 nitrogen and oxygen atoms in total. The highest BCUT2D eigenvalue weighted by atomic mass is 32.2. The summed E-state index contributed by atoms with van der Waals surface area (Å²) >= 11 is 0. The van der Waals surface area contributed by atoms with Gasteiger partial charge in [0.1, 0.15) is 11.7 Å². The molecule has 3 heterocycles. The molecule has 5 rings (SSSR count). The Morgan fingerprint density at radius 2 is 1.63 bits per heavy atom. The standard InChI is InChI=1S/C25H32F4N4O4S/c26-24(19-9-10-19)15-32(16-24)38(36,37)31-11-1-3-18(14-31)23(35)33-12-2-4-21(33)22(34)30-13-17-5-7-20(8-6-17)25(27,28)29/h5-8,18-19,21H,1-4,9-16H2,(H,30,34)/t18-,21+/m0/s1. The molecule has 4 fully saturated rings. The molecule has 3 aliphatic heterocycles. The number of likely N-dealkylation sites (tertiary alicyclic amines) is 1. The van der Waals surface area contributed by atoms with E-state index in [-0.39, 0.29) is 44.5 Å². The lowest BCUT2D eigenvalue weighted by molar-refractivity contribution is -0.142. The van der Waals surface area contributed by atoms with Gasteiger partial charge in [0.05, 0.1) is 24.6 Å². The molecule has 38 heavy (non-hydrogen) atoms. The van der Waals surface area contributed by atoms with Gasteiger partial charge in [-0.2, -0.15) is 30.2 Å². The molecular weight excluding hydrogens is 528 g/mol. The molecule has 1 saturated carbocycles. The second kappa shape index (κ2) is 10.1. The molecule has 2 amide bonds. The number of carbonyl (C=O) groups is 2. The van der Waals surface area contributed by atoms with E-state index in [0.29, 0.717) is 37.8 Å². The van der Waals surface area contributed by atoms with E-state index in [1.165, 1.54) is 21.3 Å². The van der Waals surface area contributed by atoms with Gasteiger partial charge >= 0.3 is 6.18 Å². The zero-order chi connectivity index (χ0) is 27.3. The van der Waals surface area contributed by atoms with Crippen molar-refractivity contribution in [3.63, 3.8) is 0 Å². The molecule has 210 valence electrons. The van der Waals surface area contributed by atoms with Gasteiger partial charge < -0.3 is 10.2 Å². The number of carbonyl (C=O) groups excluding carboxylic acids is 2. The van der Waals surface area contributed by atoms with Crippen molar-refractivity contribution in [1.29, 1.82) is 0 Å². The molecule has 0 radical (unpaired) electrons. The SMILES string of the molecule is O=C(NCc1ccc(C(F)(F)F)cc1)[C@H]1CCCN1C(=O)[C@H]1CCCN(S(=O)(=O)N2CC(F)(C3CC3)C2)C1. The molecule has 0 spiro atoms. The summed E-state index contributed by atoms with van der Waals surface area (Å²) in [6.07, 6.45) is -0.801. The van der Waals surface area contributed by atoms with Gasteiger partial charge in [-0.3, -0.25) is 9.59 Å². The lowest BCUT2D eigenvalue weighted by Crippen LogP contribution is -2.65. The number of hydrogen-bond acceptors (Lipinski definition) is 4. The first-order valence-corrected chi connectivity index (χ1v) is 14.5. The third kappa shape index (κ3) is 5.42. The minimum Gasteiger partial charge on any atom is -0.350 e. The molecule has 1 aliphatic carbocycles. The van der Waals surface area contributed by atoms with Crippen LogP contribution < -0.4 is 5.32 Å². The van der Waals surface area contributed by atoms with Gasteiger partial charge in [-0.05, 0) is 62.1 Å². The quantitative estimate of drug-likeness (QED) is 0.520. The number of alkyl halides is 4. The summed E-state index contributed by atoms with van der Waals surface area (Å²) in [5.74, 6) is -1.32. The zero-order valence-electron chi connectivity index (χ0n) is 20.9. The third-order valence-electron chi connectivity index (χ3n) is 8.16. The fourth-order valence-electron chi connectivity index (χ4n) is 5.74. The number of piperidine rings is 1. The maximum absolute atomic E-state index is 14.7. The number of nitrogens with one attached hydrogen (secondary N) is 1. The molecule has 13 heteroatoms. The number of rotatable bonds is 7. The van der Waals surface area contributed by atoms with Crippen LogP contribution in [0, 0.1) is 11.8 Å². The van der Waals surface area contributed by atoms with Crippen molar-refractivity contribution in [2.45, 2.75) is 63.0 Å². The Morgan fingerprint density at radius 1 is 0.974 bits per heavy atom. The molecular formula is C25H32F4N4O4S. The summed E-state index contributed by atoms with van der Waals surface area (Å²) in [5, 5.41) is 2.71. The second-order valence-electron chi connectivity index (χ2n) is 10.9. The zero-order valence-corrected chi connectivity index (χ0v) is 21.7. The highest BCUT2D eigenvalue weighted by Crippen LogP contribution is 2.48. The first-order valence-electron chi connectivity index (χ1n) is 13.1. The molecule has 1 aromatic carbocycles. The lowest BCUT2D eigenvalue weighted by atomic mass is 9.94. The Balaban J connectivity index is 1.16. The van der Waals surface area contributed by atoms with Crippen LogP contribution in [0.2, 0.25) is 0 Å². The number of hydrogen-bond donors (Lipinski definition) is 1. The Bertz CT molecular complexity index is 1170. The van der Waals surface area contributed by atoms with Gasteiger partial charge in [-0.25, -0.2) is 4.39 Å². The first-order chi connectivity index (χ1) is 17.9. The van der Waals surface area contributed by atoms with Crippen LogP contribution in [0.3, 0.4) is 0 Å². The van der Waals surface area contributed by atoms with E-state index in [0.717, 1.165) is 29.3 Å². The van der Waals surface area contributed by atoms with E-state index in [2.05, 4.69) is 5.32 Å². The molecule has 0 bridgehead atoms. The van der Waals surface area contributed by atoms with Crippen molar-refractivity contribution < 1.29 is 35.6 Å². The normalized spacial score (nSPS) is 26.7. The number of halogens is 4. The van der Waals surface area contributed by atoms with E-state index in [1.54, 1.807) is 0 Å². The molecule has 0 aromatic heterocycles. The Morgan fingerprint density at radius 3 is 2.26 bits per heavy atom. The van der Waals surface area contributed by atoms with Gasteiger partial charge in [0.15, 0.2) is 0 Å². The van der Waals surface area contributed by atoms with Crippen molar-refractivity contribution in [2.75, 3.05) is 32.7 Å². The van der Waals surface area contributed by atoms with Crippen LogP contribution in [0.25, 0.3) is 0 Å². The van der Waals surface area contributed by atoms with Crippen LogP contribution >= 0.6 is 0 Å². The van der Waals surface area contributed by atoms with Crippen LogP contribution in [0.4, 0.5) is 17.6 Å². The van der Waals surface area contributed by atoms with Crippen molar-refractivity contribution in [3.8, 4) is 0 Å². The topological polar surface area (TPSA) is 90.0 Å². The predicted octanol–water partition coefficient (Wildman–Crippen LogP) is 2.70. The number of nitrogens with zero attached hydrogens (tertiary/aromatic N) is 3. The summed E-state index contributed by atoms with van der Waals surface area (Å²) < 4.78 is 81.6. The predicted molar refractivity (Wildman–Crippen MR) is 129 cm³/mol. The summed E-state index contributed by atoms with van der Waals surface area (Å²) in [7, 11) is -3.87. The molecule has 3 saturated heterocycles. The smallest absolute Gasteiger partial charge is 0.350 e. The van der Waals surface area contributed by atoms with Gasteiger partial charge in [0.25, 0.3) is 10.2 Å². The van der Waals surface area contributed by atoms with Crippen LogP contribution in [-0.4, -0.2) is 78.2 Å². The minimum absolute atomic E-state index is 0.00320. The highest BCUT2D eigenvalue weighted by Gasteiger charge is 2.58. The summed E-state index contributed by atoms with van der Waals surface area (Å²) in [4.78, 5) is 27.8. The maximum Gasteiger partial charge on any atom is 0.416 e. The minimum atomic E-state index is -4.44. The van der Waals surface area contributed by atoms with E-state index in [1.807, 2.05) is 0 Å². The van der Waals surface area contributed by atoms with Crippen molar-refractivity contribution in [2.24, 2.45) is 11.8 Å². The molecule has 1 N–H and O–H groups in total. The molecule has 2 atom stereocenters. The van der Waals surface area contributed by atoms with Gasteiger partial charge in [-0.15, -0.1) is 0 Å². The van der Waals surface area contributed by atoms with Crippen molar-refractivity contribution in [1.82, 2.24) is 18.8 Å². The van der Waals surface area contributed by atoms with Gasteiger partial charge in [-0.1, -0.05) is 12.1 Å². The van der Waals surface area contributed by atoms with Crippen molar-refractivity contribution in [3.05, 3.63) is 35.4 Å². The van der Waals surface area contributed by atoms with E-state index in [4.69, 9.17) is 0 Å². The van der Waals surface area contributed by atoms with Gasteiger partial charge in [0, 0.05) is 26.2 Å². The first kappa shape index (κ1) is 27.3. The average molecular weight is 561 g/mol. The van der Waals surface area contributed by atoms with E-state index >= 15 is 0 Å². The maximum atomic E-state index is 14.7. The van der Waals surface area contributed by atoms with Crippen LogP contribution in [0.1, 0.15) is 49.7 Å². The largest absolute Gasteiger partial charge is 0.416 e. The third-order valence-corrected chi connectivity index (χ3v) is 10.1. The molecule has 0 unspecified atom stereocenters. The Hall–Kier alpha value is -2.25. The van der Waals surface area contributed by atoms with Crippen LogP contribution in [-0.2, 0) is 32.5 Å². The van der Waals surface area contributed by atoms with Crippen LogP contribution in [0.5, 0.6) is 0 Å². The van der Waals surface area contributed by atoms with E-state index in [9.17, 15) is 35.6 Å². The molecule has 1 aromatic rings.